The van der Waals surface area contributed by atoms with Crippen LogP contribution >= 0.6 is 0 Å². The van der Waals surface area contributed by atoms with Crippen molar-refractivity contribution in [3.63, 3.8) is 0 Å². The van der Waals surface area contributed by atoms with Gasteiger partial charge in [0.25, 0.3) is 5.91 Å². The highest BCUT2D eigenvalue weighted by Crippen LogP contribution is 2.40. The van der Waals surface area contributed by atoms with Crippen LogP contribution in [0.25, 0.3) is 0 Å². The molecule has 1 heterocycles. The van der Waals surface area contributed by atoms with Crippen molar-refractivity contribution in [1.29, 1.82) is 0 Å². The molecule has 0 bridgehead atoms. The molecule has 2 aliphatic carbocycles. The van der Waals surface area contributed by atoms with Crippen molar-refractivity contribution < 1.29 is 14.1 Å². The largest absolute Gasteiger partial charge is 0.360 e. The Hall–Kier alpha value is -1.89. The summed E-state index contributed by atoms with van der Waals surface area (Å²) in [6.45, 7) is 1.82. The first-order valence-electron chi connectivity index (χ1n) is 8.83. The topological polar surface area (TPSA) is 110 Å². The van der Waals surface area contributed by atoms with Gasteiger partial charge in [0.05, 0.1) is 0 Å². The number of rotatable bonds is 6. The summed E-state index contributed by atoms with van der Waals surface area (Å²) >= 11 is 0. The van der Waals surface area contributed by atoms with Crippen LogP contribution in [0.15, 0.2) is 10.6 Å². The van der Waals surface area contributed by atoms with E-state index in [0.29, 0.717) is 18.0 Å². The molecule has 0 spiro atoms. The van der Waals surface area contributed by atoms with E-state index in [1.165, 1.54) is 0 Å². The van der Waals surface area contributed by atoms with Gasteiger partial charge < -0.3 is 20.9 Å². The van der Waals surface area contributed by atoms with E-state index in [1.807, 2.05) is 6.92 Å². The van der Waals surface area contributed by atoms with Crippen LogP contribution in [-0.4, -0.2) is 35.1 Å². The Morgan fingerprint density at radius 3 is 2.42 bits per heavy atom. The summed E-state index contributed by atoms with van der Waals surface area (Å²) in [7, 11) is 0. The minimum atomic E-state index is -0.171. The van der Waals surface area contributed by atoms with Crippen LogP contribution in [0.2, 0.25) is 0 Å². The number of nitrogens with two attached hydrogens (primary N) is 1. The van der Waals surface area contributed by atoms with Crippen molar-refractivity contribution in [2.24, 2.45) is 5.73 Å². The second kappa shape index (κ2) is 7.34. The molecule has 1 aromatic heterocycles. The molecule has 1 unspecified atom stereocenters. The Morgan fingerprint density at radius 1 is 1.21 bits per heavy atom. The number of carbonyl (C=O) groups is 2. The van der Waals surface area contributed by atoms with Gasteiger partial charge in [-0.15, -0.1) is 0 Å². The summed E-state index contributed by atoms with van der Waals surface area (Å²) in [5, 5.41) is 9.91. The van der Waals surface area contributed by atoms with Crippen LogP contribution in [-0.2, 0) is 4.79 Å². The van der Waals surface area contributed by atoms with Crippen molar-refractivity contribution in [1.82, 2.24) is 15.8 Å². The minimum absolute atomic E-state index is 0.00712. The van der Waals surface area contributed by atoms with E-state index in [9.17, 15) is 9.59 Å². The van der Waals surface area contributed by atoms with Crippen LogP contribution in [0.4, 0.5) is 0 Å². The van der Waals surface area contributed by atoms with Gasteiger partial charge in [-0.2, -0.15) is 0 Å². The first kappa shape index (κ1) is 17.0. The third kappa shape index (κ3) is 4.56. The van der Waals surface area contributed by atoms with Gasteiger partial charge in [-0.3, -0.25) is 9.59 Å². The average molecular weight is 334 g/mol. The third-order valence-electron chi connectivity index (χ3n) is 4.68. The van der Waals surface area contributed by atoms with Crippen LogP contribution < -0.4 is 16.4 Å². The molecular formula is C17H26N4O3. The van der Waals surface area contributed by atoms with Gasteiger partial charge in [-0.25, -0.2) is 0 Å². The lowest BCUT2D eigenvalue weighted by molar-refractivity contribution is -0.122. The summed E-state index contributed by atoms with van der Waals surface area (Å²) in [4.78, 5) is 24.0. The van der Waals surface area contributed by atoms with Gasteiger partial charge in [0.15, 0.2) is 5.69 Å². The molecule has 0 aromatic carbocycles. The molecule has 1 atom stereocenters. The number of aromatic nitrogens is 1. The van der Waals surface area contributed by atoms with Crippen molar-refractivity contribution in [3.8, 4) is 0 Å². The highest BCUT2D eigenvalue weighted by Gasteiger charge is 2.30. The zero-order valence-electron chi connectivity index (χ0n) is 14.1. The normalized spacial score (nSPS) is 25.1. The van der Waals surface area contributed by atoms with Crippen LogP contribution in [0, 0.1) is 0 Å². The second-order valence-electron chi connectivity index (χ2n) is 7.16. The zero-order valence-corrected chi connectivity index (χ0v) is 14.1. The Morgan fingerprint density at radius 2 is 1.83 bits per heavy atom. The molecule has 0 saturated heterocycles. The summed E-state index contributed by atoms with van der Waals surface area (Å²) in [6.07, 6.45) is 6.02. The molecule has 0 radical (unpaired) electrons. The summed E-state index contributed by atoms with van der Waals surface area (Å²) < 4.78 is 5.22. The Labute approximate surface area is 141 Å². The SMILES string of the molecule is CC(N)CC(=O)N[C@H]1CC[C@H](NC(=O)c2cc(C3CC3)on2)CC1. The molecule has 2 fully saturated rings. The zero-order chi connectivity index (χ0) is 17.1. The van der Waals surface area contributed by atoms with E-state index in [2.05, 4.69) is 15.8 Å². The molecule has 2 saturated carbocycles. The fraction of sp³-hybridized carbons (Fsp3) is 0.706. The number of nitrogens with zero attached hydrogens (tertiary/aromatic N) is 1. The van der Waals surface area contributed by atoms with E-state index >= 15 is 0 Å². The quantitative estimate of drug-likeness (QED) is 0.729. The summed E-state index contributed by atoms with van der Waals surface area (Å²) in [5.74, 6) is 1.11. The average Bonchev–Trinajstić information content (AvgIpc) is 3.25. The van der Waals surface area contributed by atoms with Crippen molar-refractivity contribution in [2.75, 3.05) is 0 Å². The van der Waals surface area contributed by atoms with Crippen molar-refractivity contribution in [3.05, 3.63) is 17.5 Å². The maximum atomic E-state index is 12.2. The number of nitrogens with one attached hydrogen (secondary N) is 2. The van der Waals surface area contributed by atoms with E-state index in [-0.39, 0.29) is 29.9 Å². The molecule has 7 nitrogen and oxygen atoms in total. The summed E-state index contributed by atoms with van der Waals surface area (Å²) in [6, 6.07) is 1.94. The van der Waals surface area contributed by atoms with Crippen LogP contribution in [0.5, 0.6) is 0 Å². The summed E-state index contributed by atoms with van der Waals surface area (Å²) in [5.41, 5.74) is 6.00. The standard InChI is InChI=1S/C17H26N4O3/c1-10(18)8-16(22)19-12-4-6-13(7-5-12)20-17(23)14-9-15(24-21-14)11-2-3-11/h9-13H,2-8,18H2,1H3,(H,19,22)(H,20,23)/t10?,12-,13-. The lowest BCUT2D eigenvalue weighted by Gasteiger charge is -2.29. The van der Waals surface area contributed by atoms with E-state index in [0.717, 1.165) is 44.3 Å². The third-order valence-corrected chi connectivity index (χ3v) is 4.68. The molecule has 3 rings (SSSR count). The number of amides is 2. The molecule has 4 N–H and O–H groups in total. The van der Waals surface area contributed by atoms with E-state index in [1.54, 1.807) is 6.07 Å². The Kier molecular flexibility index (Phi) is 5.18. The molecule has 1 aromatic rings. The monoisotopic (exact) mass is 334 g/mol. The number of carbonyl (C=O) groups excluding carboxylic acids is 2. The molecule has 7 heteroatoms. The van der Waals surface area contributed by atoms with E-state index < -0.39 is 0 Å². The van der Waals surface area contributed by atoms with Crippen LogP contribution in [0.1, 0.15) is 74.0 Å². The first-order chi connectivity index (χ1) is 11.5. The number of hydrogen-bond donors (Lipinski definition) is 3. The molecule has 0 aliphatic heterocycles. The first-order valence-corrected chi connectivity index (χ1v) is 8.83. The Bertz CT molecular complexity index is 586. The predicted octanol–water partition coefficient (Wildman–Crippen LogP) is 1.45. The van der Waals surface area contributed by atoms with Gasteiger partial charge in [0.1, 0.15) is 5.76 Å². The molecule has 24 heavy (non-hydrogen) atoms. The van der Waals surface area contributed by atoms with Gasteiger partial charge in [-0.1, -0.05) is 5.16 Å². The molecular weight excluding hydrogens is 308 g/mol. The molecule has 2 aliphatic rings. The fourth-order valence-electron chi connectivity index (χ4n) is 3.18. The Balaban J connectivity index is 1.41. The highest BCUT2D eigenvalue weighted by atomic mass is 16.5. The van der Waals surface area contributed by atoms with Crippen molar-refractivity contribution >= 4 is 11.8 Å². The van der Waals surface area contributed by atoms with Gasteiger partial charge in [0, 0.05) is 36.5 Å². The lowest BCUT2D eigenvalue weighted by atomic mass is 9.91. The molecule has 2 amide bonds. The maximum Gasteiger partial charge on any atom is 0.273 e. The molecule has 132 valence electrons. The van der Waals surface area contributed by atoms with Gasteiger partial charge in [0.2, 0.25) is 5.91 Å². The van der Waals surface area contributed by atoms with Gasteiger partial charge >= 0.3 is 0 Å². The van der Waals surface area contributed by atoms with E-state index in [4.69, 9.17) is 10.3 Å². The van der Waals surface area contributed by atoms with Crippen LogP contribution in [0.3, 0.4) is 0 Å². The smallest absolute Gasteiger partial charge is 0.273 e. The van der Waals surface area contributed by atoms with Crippen molar-refractivity contribution in [2.45, 2.75) is 75.9 Å². The highest BCUT2D eigenvalue weighted by molar-refractivity contribution is 5.92. The number of hydrogen-bond acceptors (Lipinski definition) is 5. The second-order valence-corrected chi connectivity index (χ2v) is 7.16. The van der Waals surface area contributed by atoms with Gasteiger partial charge in [-0.05, 0) is 45.4 Å². The maximum absolute atomic E-state index is 12.2. The predicted molar refractivity (Wildman–Crippen MR) is 88.4 cm³/mol. The fourth-order valence-corrected chi connectivity index (χ4v) is 3.18. The minimum Gasteiger partial charge on any atom is -0.360 e. The lowest BCUT2D eigenvalue weighted by Crippen LogP contribution is -2.44.